The van der Waals surface area contributed by atoms with Crippen LogP contribution in [0, 0.1) is 0 Å². The zero-order valence-corrected chi connectivity index (χ0v) is 11.1. The van der Waals surface area contributed by atoms with E-state index in [-0.39, 0.29) is 16.9 Å². The lowest BCUT2D eigenvalue weighted by Gasteiger charge is -2.09. The first-order valence-corrected chi connectivity index (χ1v) is 6.80. The number of primary sulfonamides is 1. The third-order valence-corrected chi connectivity index (χ3v) is 3.70. The van der Waals surface area contributed by atoms with E-state index in [0.717, 1.165) is 6.07 Å². The molecule has 0 saturated heterocycles. The van der Waals surface area contributed by atoms with Gasteiger partial charge in [-0.25, -0.2) is 18.4 Å². The first-order chi connectivity index (χ1) is 7.77. The second-order valence-corrected chi connectivity index (χ2v) is 5.67. The van der Waals surface area contributed by atoms with E-state index in [9.17, 15) is 13.2 Å². The zero-order valence-electron chi connectivity index (χ0n) is 8.68. The van der Waals surface area contributed by atoms with Gasteiger partial charge in [-0.1, -0.05) is 6.08 Å². The van der Waals surface area contributed by atoms with Gasteiger partial charge in [0.25, 0.3) is 0 Å². The third-order valence-electron chi connectivity index (χ3n) is 2.05. The van der Waals surface area contributed by atoms with Crippen LogP contribution in [-0.2, 0) is 16.4 Å². The fourth-order valence-corrected chi connectivity index (χ4v) is 2.69. The fourth-order valence-electron chi connectivity index (χ4n) is 1.34. The van der Waals surface area contributed by atoms with Crippen molar-refractivity contribution in [3.05, 3.63) is 40.4 Å². The van der Waals surface area contributed by atoms with Gasteiger partial charge in [-0.3, -0.25) is 0 Å². The molecule has 1 aromatic carbocycles. The van der Waals surface area contributed by atoms with E-state index < -0.39 is 16.0 Å². The summed E-state index contributed by atoms with van der Waals surface area (Å²) >= 11 is 3.07. The van der Waals surface area contributed by atoms with E-state index >= 15 is 0 Å². The molecule has 0 aromatic heterocycles. The van der Waals surface area contributed by atoms with E-state index in [1.54, 1.807) is 0 Å². The van der Waals surface area contributed by atoms with Crippen molar-refractivity contribution in [1.29, 1.82) is 0 Å². The molecule has 92 valence electrons. The first kappa shape index (κ1) is 13.9. The summed E-state index contributed by atoms with van der Waals surface area (Å²) in [6, 6.07) is 2.46. The number of carbonyl (C=O) groups is 1. The molecule has 1 rings (SSSR count). The van der Waals surface area contributed by atoms with Gasteiger partial charge in [-0.05, 0) is 40.0 Å². The van der Waals surface area contributed by atoms with Gasteiger partial charge < -0.3 is 5.11 Å². The summed E-state index contributed by atoms with van der Waals surface area (Å²) in [5, 5.41) is 13.9. The summed E-state index contributed by atoms with van der Waals surface area (Å²) < 4.78 is 23.0. The van der Waals surface area contributed by atoms with Crippen LogP contribution >= 0.6 is 15.9 Å². The van der Waals surface area contributed by atoms with E-state index in [4.69, 9.17) is 10.2 Å². The number of hydrogen-bond acceptors (Lipinski definition) is 3. The Morgan fingerprint density at radius 2 is 2.12 bits per heavy atom. The van der Waals surface area contributed by atoms with Gasteiger partial charge in [0, 0.05) is 4.47 Å². The van der Waals surface area contributed by atoms with Crippen molar-refractivity contribution in [2.45, 2.75) is 11.3 Å². The van der Waals surface area contributed by atoms with Crippen molar-refractivity contribution in [3.8, 4) is 0 Å². The number of nitrogens with two attached hydrogens (primary N) is 1. The summed E-state index contributed by atoms with van der Waals surface area (Å²) in [6.07, 6.45) is 1.79. The normalized spacial score (nSPS) is 11.2. The molecule has 3 N–H and O–H groups in total. The number of hydrogen-bond donors (Lipinski definition) is 2. The minimum Gasteiger partial charge on any atom is -0.478 e. The van der Waals surface area contributed by atoms with Crippen LogP contribution in [0.25, 0.3) is 0 Å². The summed E-state index contributed by atoms with van der Waals surface area (Å²) in [5.41, 5.74) is 0.251. The molecule has 0 fully saturated rings. The van der Waals surface area contributed by atoms with Crippen LogP contribution in [0.5, 0.6) is 0 Å². The molecule has 0 amide bonds. The first-order valence-electron chi connectivity index (χ1n) is 4.46. The van der Waals surface area contributed by atoms with E-state index in [1.165, 1.54) is 12.1 Å². The lowest BCUT2D eigenvalue weighted by atomic mass is 10.1. The maximum absolute atomic E-state index is 11.3. The highest BCUT2D eigenvalue weighted by molar-refractivity contribution is 9.10. The predicted molar refractivity (Wildman–Crippen MR) is 66.4 cm³/mol. The minimum absolute atomic E-state index is 0.151. The van der Waals surface area contributed by atoms with Crippen LogP contribution in [0.2, 0.25) is 0 Å². The van der Waals surface area contributed by atoms with Crippen LogP contribution in [0.4, 0.5) is 0 Å². The lowest BCUT2D eigenvalue weighted by molar-refractivity contribution is 0.0695. The van der Waals surface area contributed by atoms with Gasteiger partial charge in [0.2, 0.25) is 10.0 Å². The smallest absolute Gasteiger partial charge is 0.336 e. The average molecular weight is 320 g/mol. The number of carboxylic acid groups (broad SMARTS) is 1. The molecular formula is C10H10BrNO4S. The SMILES string of the molecule is C=CCc1cc(Br)c(C(=O)O)cc1S(N)(=O)=O. The van der Waals surface area contributed by atoms with Crippen molar-refractivity contribution < 1.29 is 18.3 Å². The standard InChI is InChI=1S/C10H10BrNO4S/c1-2-3-6-4-8(11)7(10(13)14)5-9(6)17(12,15)16/h2,4-5H,1,3H2,(H,13,14)(H2,12,15,16). The van der Waals surface area contributed by atoms with Crippen molar-refractivity contribution in [3.63, 3.8) is 0 Å². The Labute approximate surface area is 107 Å². The zero-order chi connectivity index (χ0) is 13.2. The number of aromatic carboxylic acids is 1. The van der Waals surface area contributed by atoms with Gasteiger partial charge in [0.15, 0.2) is 0 Å². The molecule has 5 nitrogen and oxygen atoms in total. The van der Waals surface area contributed by atoms with Gasteiger partial charge in [0.05, 0.1) is 10.5 Å². The highest BCUT2D eigenvalue weighted by Crippen LogP contribution is 2.25. The number of sulfonamides is 1. The molecule has 0 unspecified atom stereocenters. The molecule has 0 heterocycles. The Balaban J connectivity index is 3.59. The monoisotopic (exact) mass is 319 g/mol. The number of halogens is 1. The molecule has 1 aromatic rings. The molecule has 0 spiro atoms. The summed E-state index contributed by atoms with van der Waals surface area (Å²) in [4.78, 5) is 10.7. The van der Waals surface area contributed by atoms with Gasteiger partial charge in [-0.15, -0.1) is 6.58 Å². The molecule has 7 heteroatoms. The van der Waals surface area contributed by atoms with Gasteiger partial charge in [-0.2, -0.15) is 0 Å². The van der Waals surface area contributed by atoms with E-state index in [2.05, 4.69) is 22.5 Å². The Kier molecular flexibility index (Phi) is 4.07. The van der Waals surface area contributed by atoms with Gasteiger partial charge in [0.1, 0.15) is 0 Å². The maximum Gasteiger partial charge on any atom is 0.336 e. The van der Waals surface area contributed by atoms with E-state index in [0.29, 0.717) is 10.0 Å². The molecule has 0 aliphatic heterocycles. The topological polar surface area (TPSA) is 97.5 Å². The highest BCUT2D eigenvalue weighted by atomic mass is 79.9. The average Bonchev–Trinajstić information content (AvgIpc) is 2.15. The summed E-state index contributed by atoms with van der Waals surface area (Å²) in [7, 11) is -3.96. The maximum atomic E-state index is 11.3. The number of rotatable bonds is 4. The van der Waals surface area contributed by atoms with Crippen LogP contribution in [0.15, 0.2) is 34.2 Å². The molecule has 17 heavy (non-hydrogen) atoms. The van der Waals surface area contributed by atoms with Crippen molar-refractivity contribution in [2.75, 3.05) is 0 Å². The largest absolute Gasteiger partial charge is 0.478 e. The lowest BCUT2D eigenvalue weighted by Crippen LogP contribution is -2.16. The Morgan fingerprint density at radius 3 is 2.53 bits per heavy atom. The fraction of sp³-hybridized carbons (Fsp3) is 0.100. The third kappa shape index (κ3) is 3.15. The number of allylic oxidation sites excluding steroid dienone is 1. The summed E-state index contributed by atoms with van der Waals surface area (Å²) in [5.74, 6) is -1.23. The van der Waals surface area contributed by atoms with Crippen molar-refractivity contribution in [2.24, 2.45) is 5.14 Å². The predicted octanol–water partition coefficient (Wildman–Crippen LogP) is 1.52. The van der Waals surface area contributed by atoms with Gasteiger partial charge >= 0.3 is 5.97 Å². The minimum atomic E-state index is -3.96. The molecule has 0 bridgehead atoms. The molecule has 0 aliphatic carbocycles. The van der Waals surface area contributed by atoms with Crippen molar-refractivity contribution >= 4 is 31.9 Å². The highest BCUT2D eigenvalue weighted by Gasteiger charge is 2.19. The second-order valence-electron chi connectivity index (χ2n) is 3.28. The second kappa shape index (κ2) is 4.99. The van der Waals surface area contributed by atoms with Crippen LogP contribution in [0.1, 0.15) is 15.9 Å². The Bertz CT molecular complexity index is 580. The Hall–Kier alpha value is -1.18. The number of carboxylic acids is 1. The molecule has 0 aliphatic rings. The number of benzene rings is 1. The van der Waals surface area contributed by atoms with Crippen molar-refractivity contribution in [1.82, 2.24) is 0 Å². The quantitative estimate of drug-likeness (QED) is 0.822. The Morgan fingerprint density at radius 1 is 1.53 bits per heavy atom. The molecule has 0 saturated carbocycles. The summed E-state index contributed by atoms with van der Waals surface area (Å²) in [6.45, 7) is 3.50. The molecule has 0 radical (unpaired) electrons. The molecule has 0 atom stereocenters. The molecular weight excluding hydrogens is 310 g/mol. The van der Waals surface area contributed by atoms with E-state index in [1.807, 2.05) is 0 Å². The van der Waals surface area contributed by atoms with Crippen LogP contribution in [0.3, 0.4) is 0 Å². The van der Waals surface area contributed by atoms with Crippen LogP contribution in [-0.4, -0.2) is 19.5 Å². The van der Waals surface area contributed by atoms with Crippen LogP contribution < -0.4 is 5.14 Å².